The van der Waals surface area contributed by atoms with Gasteiger partial charge < -0.3 is 15.5 Å². The first kappa shape index (κ1) is 55.9. The minimum absolute atomic E-state index is 0.0323. The van der Waals surface area contributed by atoms with Crippen LogP contribution in [0.1, 0.15) is 290 Å². The minimum Gasteiger partial charge on any atom is -0.394 e. The van der Waals surface area contributed by atoms with Crippen molar-refractivity contribution in [1.29, 1.82) is 0 Å². The first-order chi connectivity index (χ1) is 28.2. The predicted octanol–water partition coefficient (Wildman–Crippen LogP) is 16.8. The van der Waals surface area contributed by atoms with Crippen LogP contribution in [0.2, 0.25) is 0 Å². The molecule has 0 fully saturated rings. The van der Waals surface area contributed by atoms with Crippen molar-refractivity contribution in [3.05, 3.63) is 24.3 Å². The number of hydrogen-bond donors (Lipinski definition) is 3. The molecule has 0 aromatic carbocycles. The second-order valence-corrected chi connectivity index (χ2v) is 17.9. The molecule has 0 aliphatic rings. The van der Waals surface area contributed by atoms with Crippen LogP contribution < -0.4 is 5.32 Å². The zero-order chi connectivity index (χ0) is 41.4. The van der Waals surface area contributed by atoms with Crippen LogP contribution in [0.4, 0.5) is 0 Å². The molecule has 0 aromatic heterocycles. The maximum absolute atomic E-state index is 12.5. The normalized spacial score (nSPS) is 13.0. The highest BCUT2D eigenvalue weighted by Gasteiger charge is 2.20. The molecule has 0 aromatic rings. The third kappa shape index (κ3) is 45.8. The van der Waals surface area contributed by atoms with E-state index in [1.54, 1.807) is 0 Å². The third-order valence-electron chi connectivity index (χ3n) is 12.2. The summed E-state index contributed by atoms with van der Waals surface area (Å²) in [6.45, 7) is 4.36. The first-order valence-electron chi connectivity index (χ1n) is 26.0. The fraction of sp³-hybridized carbons (Fsp3) is 0.906. The Morgan fingerprint density at radius 2 is 0.719 bits per heavy atom. The molecule has 0 radical (unpaired) electrons. The van der Waals surface area contributed by atoms with Crippen LogP contribution in [0.3, 0.4) is 0 Å². The van der Waals surface area contributed by atoms with Crippen LogP contribution in [0, 0.1) is 0 Å². The second kappa shape index (κ2) is 49.2. The van der Waals surface area contributed by atoms with Gasteiger partial charge in [0.2, 0.25) is 5.91 Å². The van der Waals surface area contributed by atoms with Gasteiger partial charge in [0, 0.05) is 6.42 Å². The predicted molar refractivity (Wildman–Crippen MR) is 253 cm³/mol. The van der Waals surface area contributed by atoms with Gasteiger partial charge in [-0.05, 0) is 44.9 Å². The smallest absolute Gasteiger partial charge is 0.220 e. The summed E-state index contributed by atoms with van der Waals surface area (Å²) in [7, 11) is 0. The van der Waals surface area contributed by atoms with E-state index in [1.165, 1.54) is 231 Å². The molecule has 1 amide bonds. The summed E-state index contributed by atoms with van der Waals surface area (Å²) < 4.78 is 0. The van der Waals surface area contributed by atoms with Gasteiger partial charge in [-0.15, -0.1) is 0 Å². The summed E-state index contributed by atoms with van der Waals surface area (Å²) >= 11 is 0. The molecule has 0 saturated carbocycles. The monoisotopic (exact) mass is 802 g/mol. The number of aliphatic hydroxyl groups is 2. The van der Waals surface area contributed by atoms with E-state index in [2.05, 4.69) is 43.5 Å². The lowest BCUT2D eigenvalue weighted by molar-refractivity contribution is -0.123. The third-order valence-corrected chi connectivity index (χ3v) is 12.2. The van der Waals surface area contributed by atoms with Crippen molar-refractivity contribution in [2.24, 2.45) is 0 Å². The van der Waals surface area contributed by atoms with Gasteiger partial charge in [-0.25, -0.2) is 0 Å². The number of amides is 1. The van der Waals surface area contributed by atoms with Gasteiger partial charge in [-0.2, -0.15) is 0 Å². The minimum atomic E-state index is -0.661. The lowest BCUT2D eigenvalue weighted by Crippen LogP contribution is -2.45. The molecule has 2 unspecified atom stereocenters. The summed E-state index contributed by atoms with van der Waals surface area (Å²) in [6.07, 6.45) is 64.3. The van der Waals surface area contributed by atoms with E-state index in [0.717, 1.165) is 32.1 Å². The average Bonchev–Trinajstić information content (AvgIpc) is 3.22. The first-order valence-corrected chi connectivity index (χ1v) is 26.0. The van der Waals surface area contributed by atoms with Gasteiger partial charge >= 0.3 is 0 Å². The van der Waals surface area contributed by atoms with E-state index in [4.69, 9.17) is 0 Å². The molecule has 0 rings (SSSR count). The van der Waals surface area contributed by atoms with E-state index in [1.807, 2.05) is 0 Å². The molecule has 0 heterocycles. The second-order valence-electron chi connectivity index (χ2n) is 17.9. The van der Waals surface area contributed by atoms with Crippen LogP contribution in [-0.4, -0.2) is 34.9 Å². The van der Waals surface area contributed by atoms with Crippen molar-refractivity contribution in [1.82, 2.24) is 5.32 Å². The average molecular weight is 802 g/mol. The van der Waals surface area contributed by atoms with Crippen molar-refractivity contribution < 1.29 is 15.0 Å². The fourth-order valence-corrected chi connectivity index (χ4v) is 8.22. The molecular formula is C53H103NO3. The molecule has 3 N–H and O–H groups in total. The molecular weight excluding hydrogens is 699 g/mol. The summed E-state index contributed by atoms with van der Waals surface area (Å²) in [6, 6.07) is -0.538. The molecule has 57 heavy (non-hydrogen) atoms. The summed E-state index contributed by atoms with van der Waals surface area (Å²) in [4.78, 5) is 12.5. The van der Waals surface area contributed by atoms with Crippen LogP contribution in [0.5, 0.6) is 0 Å². The number of allylic oxidation sites excluding steroid dienone is 4. The van der Waals surface area contributed by atoms with Gasteiger partial charge in [-0.3, -0.25) is 4.79 Å². The quantitative estimate of drug-likeness (QED) is 0.0424. The zero-order valence-corrected chi connectivity index (χ0v) is 38.9. The number of rotatable bonds is 48. The molecule has 0 spiro atoms. The zero-order valence-electron chi connectivity index (χ0n) is 38.9. The maximum Gasteiger partial charge on any atom is 0.220 e. The molecule has 0 aliphatic carbocycles. The number of carbonyl (C=O) groups is 1. The highest BCUT2D eigenvalue weighted by molar-refractivity contribution is 5.76. The molecule has 4 heteroatoms. The number of nitrogens with one attached hydrogen (secondary N) is 1. The van der Waals surface area contributed by atoms with Crippen molar-refractivity contribution in [3.8, 4) is 0 Å². The fourth-order valence-electron chi connectivity index (χ4n) is 8.22. The van der Waals surface area contributed by atoms with E-state index < -0.39 is 12.1 Å². The van der Waals surface area contributed by atoms with Crippen LogP contribution >= 0.6 is 0 Å². The Morgan fingerprint density at radius 1 is 0.421 bits per heavy atom. The topological polar surface area (TPSA) is 69.6 Å². The van der Waals surface area contributed by atoms with Gasteiger partial charge in [-0.1, -0.05) is 263 Å². The van der Waals surface area contributed by atoms with E-state index in [-0.39, 0.29) is 12.5 Å². The number of aliphatic hydroxyl groups excluding tert-OH is 2. The van der Waals surface area contributed by atoms with E-state index in [0.29, 0.717) is 12.8 Å². The standard InChI is InChI=1S/C53H103NO3/c1-3-5-7-9-11-13-15-17-19-21-23-24-25-26-27-28-29-31-32-34-36-38-40-42-44-46-48-52(56)51(50-55)54-53(57)49-47-45-43-41-39-37-35-33-30-22-20-18-16-14-12-10-8-6-4-2/h12,14,18,20,51-52,55-56H,3-11,13,15-17,19,21-50H2,1-2H3,(H,54,57)/b14-12-,20-18-. The van der Waals surface area contributed by atoms with Gasteiger partial charge in [0.15, 0.2) is 0 Å². The Balaban J connectivity index is 3.45. The number of carbonyl (C=O) groups excluding carboxylic acids is 1. The van der Waals surface area contributed by atoms with Gasteiger partial charge in [0.05, 0.1) is 18.8 Å². The highest BCUT2D eigenvalue weighted by Crippen LogP contribution is 2.17. The maximum atomic E-state index is 12.5. The highest BCUT2D eigenvalue weighted by atomic mass is 16.3. The van der Waals surface area contributed by atoms with Gasteiger partial charge in [0.25, 0.3) is 0 Å². The van der Waals surface area contributed by atoms with Crippen LogP contribution in [0.15, 0.2) is 24.3 Å². The van der Waals surface area contributed by atoms with Crippen molar-refractivity contribution >= 4 is 5.91 Å². The Hall–Kier alpha value is -1.13. The Bertz CT molecular complexity index is 825. The summed E-state index contributed by atoms with van der Waals surface area (Å²) in [5, 5.41) is 23.3. The Labute approximate surface area is 358 Å². The molecule has 0 saturated heterocycles. The summed E-state index contributed by atoms with van der Waals surface area (Å²) in [5.41, 5.74) is 0. The molecule has 2 atom stereocenters. The van der Waals surface area contributed by atoms with Crippen LogP contribution in [0.25, 0.3) is 0 Å². The Morgan fingerprint density at radius 3 is 1.09 bits per heavy atom. The van der Waals surface area contributed by atoms with E-state index in [9.17, 15) is 15.0 Å². The van der Waals surface area contributed by atoms with Crippen molar-refractivity contribution in [2.75, 3.05) is 6.61 Å². The largest absolute Gasteiger partial charge is 0.394 e. The number of hydrogen-bond acceptors (Lipinski definition) is 3. The SMILES string of the molecule is CCCCC/C=C\C/C=C\CCCCCCCCCCCC(=O)NC(CO)C(O)CCCCCCCCCCCCCCCCCCCCCCCCCCCC. The summed E-state index contributed by atoms with van der Waals surface area (Å²) in [5.74, 6) is -0.0323. The lowest BCUT2D eigenvalue weighted by atomic mass is 10.0. The Kier molecular flexibility index (Phi) is 48.3. The van der Waals surface area contributed by atoms with E-state index >= 15 is 0 Å². The van der Waals surface area contributed by atoms with Crippen LogP contribution in [-0.2, 0) is 4.79 Å². The van der Waals surface area contributed by atoms with Crippen molar-refractivity contribution in [2.45, 2.75) is 302 Å². The molecule has 0 aliphatic heterocycles. The van der Waals surface area contributed by atoms with Crippen molar-refractivity contribution in [3.63, 3.8) is 0 Å². The molecule has 338 valence electrons. The molecule has 4 nitrogen and oxygen atoms in total. The van der Waals surface area contributed by atoms with Gasteiger partial charge in [0.1, 0.15) is 0 Å². The lowest BCUT2D eigenvalue weighted by Gasteiger charge is -2.22. The number of unbranched alkanes of at least 4 members (excludes halogenated alkanes) is 37. The molecule has 0 bridgehead atoms.